The molecule has 6 aromatic carbocycles. The maximum atomic E-state index is 13.5. The molecule has 2 unspecified atom stereocenters. The molecule has 0 aromatic heterocycles. The first kappa shape index (κ1) is 44.3. The van der Waals surface area contributed by atoms with E-state index in [1.165, 1.54) is 6.92 Å². The number of fused-ring (bicyclic) bond motifs is 7. The number of phenolic OH excluding ortho intramolecular Hbond substituents is 2. The first-order chi connectivity index (χ1) is 32.3. The zero-order valence-electron chi connectivity index (χ0n) is 37.4. The summed E-state index contributed by atoms with van der Waals surface area (Å²) in [5, 5.41) is 32.9. The van der Waals surface area contributed by atoms with Gasteiger partial charge in [-0.25, -0.2) is 4.79 Å². The topological polar surface area (TPSA) is 186 Å². The Balaban J connectivity index is 0.771. The largest absolute Gasteiger partial charge is 0.508 e. The fourth-order valence-corrected chi connectivity index (χ4v) is 9.89. The number of phenols is 2. The summed E-state index contributed by atoms with van der Waals surface area (Å²) in [7, 11) is 0. The summed E-state index contributed by atoms with van der Waals surface area (Å²) in [4.78, 5) is 66.2. The highest BCUT2D eigenvalue weighted by Crippen LogP contribution is 2.53. The molecule has 0 saturated carbocycles. The lowest BCUT2D eigenvalue weighted by atomic mass is 9.71. The zero-order valence-corrected chi connectivity index (χ0v) is 37.4. The summed E-state index contributed by atoms with van der Waals surface area (Å²) in [5.41, 5.74) is 8.65. The fourth-order valence-electron chi connectivity index (χ4n) is 9.89. The molecule has 13 heteroatoms. The van der Waals surface area contributed by atoms with Crippen LogP contribution in [0, 0.1) is 0 Å². The fraction of sp³-hybridized carbons (Fsp3) is 0.241. The molecule has 0 fully saturated rings. The number of hydrogen-bond acceptors (Lipinski definition) is 9. The van der Waals surface area contributed by atoms with Crippen molar-refractivity contribution >= 4 is 46.7 Å². The Hall–Kier alpha value is -7.93. The number of esters is 1. The number of hydrogen-bond donors (Lipinski definition) is 6. The molecule has 4 amide bonds. The van der Waals surface area contributed by atoms with Gasteiger partial charge in [-0.15, -0.1) is 0 Å². The minimum absolute atomic E-state index is 0.0300. The van der Waals surface area contributed by atoms with E-state index in [4.69, 9.17) is 4.74 Å². The lowest BCUT2D eigenvalue weighted by Gasteiger charge is -2.39. The molecule has 6 N–H and O–H groups in total. The predicted molar refractivity (Wildman–Crippen MR) is 256 cm³/mol. The molecule has 340 valence electrons. The molecule has 13 nitrogen and oxygen atoms in total. The lowest BCUT2D eigenvalue weighted by molar-refractivity contribution is -0.117. The van der Waals surface area contributed by atoms with Gasteiger partial charge < -0.3 is 41.1 Å². The van der Waals surface area contributed by atoms with Crippen molar-refractivity contribution in [3.05, 3.63) is 171 Å². The Morgan fingerprint density at radius 2 is 1.31 bits per heavy atom. The summed E-state index contributed by atoms with van der Waals surface area (Å²) >= 11 is 0. The van der Waals surface area contributed by atoms with Crippen molar-refractivity contribution in [2.24, 2.45) is 0 Å². The molecule has 0 radical (unpaired) electrons. The Morgan fingerprint density at radius 3 is 1.97 bits per heavy atom. The number of carbonyl (C=O) groups excluding carboxylic acids is 5. The zero-order chi connectivity index (χ0) is 47.0. The van der Waals surface area contributed by atoms with E-state index in [1.807, 2.05) is 60.4 Å². The highest BCUT2D eigenvalue weighted by Gasteiger charge is 2.52. The second kappa shape index (κ2) is 18.2. The molecule has 67 heavy (non-hydrogen) atoms. The Labute approximate surface area is 388 Å². The summed E-state index contributed by atoms with van der Waals surface area (Å²) in [5.74, 6) is -1.09. The quantitative estimate of drug-likeness (QED) is 0.0516. The van der Waals surface area contributed by atoms with E-state index in [9.17, 15) is 34.2 Å². The summed E-state index contributed by atoms with van der Waals surface area (Å²) < 4.78 is 6.21. The van der Waals surface area contributed by atoms with Crippen LogP contribution in [0.4, 0.5) is 17.1 Å². The first-order valence-corrected chi connectivity index (χ1v) is 22.6. The van der Waals surface area contributed by atoms with Crippen LogP contribution in [0.1, 0.15) is 117 Å². The average molecular weight is 898 g/mol. The number of ether oxygens (including phenoxy) is 1. The van der Waals surface area contributed by atoms with Crippen molar-refractivity contribution < 1.29 is 38.9 Å². The third kappa shape index (κ3) is 8.67. The van der Waals surface area contributed by atoms with Crippen LogP contribution in [0.5, 0.6) is 11.5 Å². The van der Waals surface area contributed by atoms with Gasteiger partial charge in [0.15, 0.2) is 5.60 Å². The number of nitrogens with one attached hydrogen (secondary N) is 4. The average Bonchev–Trinajstić information content (AvgIpc) is 3.59. The van der Waals surface area contributed by atoms with Crippen molar-refractivity contribution in [3.63, 3.8) is 0 Å². The predicted octanol–water partition coefficient (Wildman–Crippen LogP) is 8.72. The highest BCUT2D eigenvalue weighted by atomic mass is 16.6. The Kier molecular flexibility index (Phi) is 12.0. The molecule has 3 aliphatic rings. The second-order valence-corrected chi connectivity index (χ2v) is 17.5. The van der Waals surface area contributed by atoms with Crippen LogP contribution in [0.3, 0.4) is 0 Å². The molecule has 9 rings (SSSR count). The van der Waals surface area contributed by atoms with Crippen LogP contribution in [0.15, 0.2) is 121 Å². The molecule has 0 saturated heterocycles. The summed E-state index contributed by atoms with van der Waals surface area (Å²) in [6.45, 7) is 5.97. The van der Waals surface area contributed by atoms with Crippen LogP contribution in [-0.2, 0) is 26.3 Å². The first-order valence-electron chi connectivity index (χ1n) is 22.6. The maximum Gasteiger partial charge on any atom is 0.340 e. The van der Waals surface area contributed by atoms with Gasteiger partial charge in [0.05, 0.1) is 11.6 Å². The van der Waals surface area contributed by atoms with E-state index in [1.54, 1.807) is 73.7 Å². The van der Waals surface area contributed by atoms with Gasteiger partial charge in [-0.2, -0.15) is 0 Å². The highest BCUT2D eigenvalue weighted by molar-refractivity contribution is 6.02. The van der Waals surface area contributed by atoms with Crippen molar-refractivity contribution in [2.45, 2.75) is 70.6 Å². The van der Waals surface area contributed by atoms with Crippen LogP contribution in [0.25, 0.3) is 11.1 Å². The number of amides is 4. The van der Waals surface area contributed by atoms with Gasteiger partial charge >= 0.3 is 5.97 Å². The monoisotopic (exact) mass is 897 g/mol. The molecule has 0 bridgehead atoms. The van der Waals surface area contributed by atoms with Crippen molar-refractivity contribution in [1.82, 2.24) is 10.6 Å². The molecule has 1 spiro atoms. The van der Waals surface area contributed by atoms with E-state index in [-0.39, 0.29) is 52.8 Å². The molecular formula is C54H51N5O8. The smallest absolute Gasteiger partial charge is 0.340 e. The van der Waals surface area contributed by atoms with Crippen molar-refractivity contribution in [2.75, 3.05) is 28.6 Å². The number of anilines is 3. The molecular weight excluding hydrogens is 847 g/mol. The molecule has 2 aliphatic heterocycles. The lowest BCUT2D eigenvalue weighted by Crippen LogP contribution is -2.43. The summed E-state index contributed by atoms with van der Waals surface area (Å²) in [6.07, 6.45) is 3.27. The van der Waals surface area contributed by atoms with Gasteiger partial charge in [-0.1, -0.05) is 36.4 Å². The van der Waals surface area contributed by atoms with Gasteiger partial charge in [-0.05, 0) is 152 Å². The number of carbonyl (C=O) groups is 5. The van der Waals surface area contributed by atoms with Crippen LogP contribution in [0.2, 0.25) is 0 Å². The van der Waals surface area contributed by atoms with Gasteiger partial charge in [0, 0.05) is 77.9 Å². The third-order valence-electron chi connectivity index (χ3n) is 12.9. The van der Waals surface area contributed by atoms with Gasteiger partial charge in [0.1, 0.15) is 11.5 Å². The number of unbranched alkanes of at least 4 members (excludes halogenated alkanes) is 2. The van der Waals surface area contributed by atoms with E-state index in [0.717, 1.165) is 56.7 Å². The minimum Gasteiger partial charge on any atom is -0.508 e. The number of nitrogens with zero attached hydrogens (tertiary/aromatic N) is 1. The van der Waals surface area contributed by atoms with E-state index in [2.05, 4.69) is 27.3 Å². The van der Waals surface area contributed by atoms with E-state index < -0.39 is 11.6 Å². The van der Waals surface area contributed by atoms with Crippen LogP contribution in [-0.4, -0.2) is 58.9 Å². The van der Waals surface area contributed by atoms with Crippen molar-refractivity contribution in [1.29, 1.82) is 0 Å². The molecule has 6 aromatic rings. The Morgan fingerprint density at radius 1 is 0.687 bits per heavy atom. The summed E-state index contributed by atoms with van der Waals surface area (Å²) in [6, 6.07) is 35.8. The number of aromatic hydroxyl groups is 2. The van der Waals surface area contributed by atoms with Crippen LogP contribution < -0.4 is 26.2 Å². The van der Waals surface area contributed by atoms with Gasteiger partial charge in [0.25, 0.3) is 11.8 Å². The second-order valence-electron chi connectivity index (χ2n) is 17.5. The molecule has 2 atom stereocenters. The van der Waals surface area contributed by atoms with Gasteiger partial charge in [0.2, 0.25) is 11.8 Å². The maximum absolute atomic E-state index is 13.5. The standard InChI is InChI=1S/C54H51N5O8/c1-31-24-49(45-29-36(13-21-50(45)59(31)33(3)61)35-8-7-9-41(26-35)57-32(2)60)58-40-14-10-34(11-15-40)51(64)55-22-5-4-6-23-56-52(65)37-12-18-48-44(30-37)53(66)67-54(48)46-19-16-42(62)27-38(46)25-39-28-43(63)17-20-47(39)54/h7-21,26-31,49,58,62-63H,4-6,22-25H2,1-3H3,(H,55,64)(H,56,65)(H,57,60). The molecule has 1 aliphatic carbocycles. The molecule has 2 heterocycles. The van der Waals surface area contributed by atoms with Gasteiger partial charge in [-0.3, -0.25) is 19.2 Å². The Bertz CT molecular complexity index is 2910. The minimum atomic E-state index is -1.29. The van der Waals surface area contributed by atoms with Crippen molar-refractivity contribution in [3.8, 4) is 22.6 Å². The SMILES string of the molecule is CC(=O)Nc1cccc(-c2ccc3c(c2)C(Nc2ccc(C(=O)NCCCCCNC(=O)c4ccc5c(c4)C(=O)OC54c5ccc(O)cc5Cc5cc(O)ccc54)cc2)CC(C)N3C(C)=O)c1. The van der Waals surface area contributed by atoms with Crippen LogP contribution >= 0.6 is 0 Å². The number of rotatable bonds is 12. The normalized spacial score (nSPS) is 16.2. The third-order valence-corrected chi connectivity index (χ3v) is 12.9. The van der Waals surface area contributed by atoms with E-state index >= 15 is 0 Å². The van der Waals surface area contributed by atoms with E-state index in [0.29, 0.717) is 61.2 Å². The number of benzene rings is 6.